The van der Waals surface area contributed by atoms with Gasteiger partial charge in [0.25, 0.3) is 0 Å². The summed E-state index contributed by atoms with van der Waals surface area (Å²) in [6.45, 7) is 0. The summed E-state index contributed by atoms with van der Waals surface area (Å²) in [6, 6.07) is 3.50. The maximum atomic E-state index is 5.59. The Balaban J connectivity index is 0.000000138. The van der Waals surface area contributed by atoms with Crippen LogP contribution in [0.3, 0.4) is 0 Å². The van der Waals surface area contributed by atoms with E-state index >= 15 is 0 Å². The van der Waals surface area contributed by atoms with Gasteiger partial charge in [0.2, 0.25) is 10.6 Å². The Morgan fingerprint density at radius 3 is 1.94 bits per heavy atom. The van der Waals surface area contributed by atoms with Gasteiger partial charge in [-0.25, -0.2) is 19.9 Å². The Bertz CT molecular complexity index is 514. The third kappa shape index (κ3) is 4.37. The standard InChI is InChI=1S/C7H7ClN2.C4H2Cl2N2/c8-7-9-4-3-6(10-7)5-1-2-5;5-3-1-2-7-4(6)8-3/h3-5H,1-2H2;1-2H. The number of hydrogen-bond donors (Lipinski definition) is 0. The molecule has 0 N–H and O–H groups in total. The molecule has 0 spiro atoms. The van der Waals surface area contributed by atoms with Crippen LogP contribution in [-0.2, 0) is 0 Å². The average molecular weight is 304 g/mol. The van der Waals surface area contributed by atoms with Crippen molar-refractivity contribution in [1.82, 2.24) is 19.9 Å². The molecule has 1 aliphatic carbocycles. The van der Waals surface area contributed by atoms with E-state index in [4.69, 9.17) is 34.8 Å². The van der Waals surface area contributed by atoms with Gasteiger partial charge in [0.05, 0.1) is 0 Å². The molecular weight excluding hydrogens is 295 g/mol. The van der Waals surface area contributed by atoms with E-state index in [1.54, 1.807) is 12.3 Å². The van der Waals surface area contributed by atoms with E-state index in [0.29, 0.717) is 16.4 Å². The number of hydrogen-bond acceptors (Lipinski definition) is 4. The topological polar surface area (TPSA) is 51.6 Å². The van der Waals surface area contributed by atoms with Crippen molar-refractivity contribution in [2.75, 3.05) is 0 Å². The minimum atomic E-state index is 0.178. The molecule has 0 atom stereocenters. The van der Waals surface area contributed by atoms with Crippen molar-refractivity contribution >= 4 is 34.8 Å². The van der Waals surface area contributed by atoms with Gasteiger partial charge in [-0.1, -0.05) is 11.6 Å². The molecule has 18 heavy (non-hydrogen) atoms. The van der Waals surface area contributed by atoms with Crippen LogP contribution in [0.5, 0.6) is 0 Å². The minimum absolute atomic E-state index is 0.178. The van der Waals surface area contributed by atoms with Crippen LogP contribution in [0.4, 0.5) is 0 Å². The largest absolute Gasteiger partial charge is 0.227 e. The Morgan fingerprint density at radius 1 is 0.889 bits per heavy atom. The van der Waals surface area contributed by atoms with Gasteiger partial charge in [-0.3, -0.25) is 0 Å². The first-order valence-electron chi connectivity index (χ1n) is 5.27. The fourth-order valence-corrected chi connectivity index (χ4v) is 1.75. The number of aromatic nitrogens is 4. The van der Waals surface area contributed by atoms with Crippen LogP contribution in [0, 0.1) is 0 Å². The molecule has 7 heteroatoms. The molecule has 0 aromatic carbocycles. The van der Waals surface area contributed by atoms with Crippen molar-refractivity contribution in [1.29, 1.82) is 0 Å². The molecule has 0 amide bonds. The summed E-state index contributed by atoms with van der Waals surface area (Å²) < 4.78 is 0. The zero-order chi connectivity index (χ0) is 13.0. The molecule has 0 bridgehead atoms. The maximum absolute atomic E-state index is 5.59. The van der Waals surface area contributed by atoms with Crippen LogP contribution in [0.15, 0.2) is 24.5 Å². The van der Waals surface area contributed by atoms with E-state index in [0.717, 1.165) is 5.69 Å². The molecule has 4 nitrogen and oxygen atoms in total. The number of rotatable bonds is 1. The molecule has 1 aliphatic rings. The maximum Gasteiger partial charge on any atom is 0.223 e. The van der Waals surface area contributed by atoms with Gasteiger partial charge in [0.1, 0.15) is 5.15 Å². The molecule has 0 aliphatic heterocycles. The molecule has 2 heterocycles. The van der Waals surface area contributed by atoms with Crippen molar-refractivity contribution < 1.29 is 0 Å². The van der Waals surface area contributed by atoms with Gasteiger partial charge in [0.15, 0.2) is 0 Å². The fourth-order valence-electron chi connectivity index (χ4n) is 1.27. The second-order valence-electron chi connectivity index (χ2n) is 3.67. The summed E-state index contributed by atoms with van der Waals surface area (Å²) in [7, 11) is 0. The van der Waals surface area contributed by atoms with Crippen molar-refractivity contribution in [3.8, 4) is 0 Å². The summed E-state index contributed by atoms with van der Waals surface area (Å²) in [5.41, 5.74) is 1.10. The lowest BCUT2D eigenvalue weighted by Gasteiger charge is -1.93. The highest BCUT2D eigenvalue weighted by Gasteiger charge is 2.24. The Labute approximate surface area is 119 Å². The Hall–Kier alpha value is -0.970. The van der Waals surface area contributed by atoms with Crippen LogP contribution in [-0.4, -0.2) is 19.9 Å². The molecule has 2 aromatic rings. The van der Waals surface area contributed by atoms with Crippen LogP contribution in [0.1, 0.15) is 24.5 Å². The smallest absolute Gasteiger partial charge is 0.223 e. The van der Waals surface area contributed by atoms with E-state index in [1.165, 1.54) is 19.0 Å². The Morgan fingerprint density at radius 2 is 1.50 bits per heavy atom. The van der Waals surface area contributed by atoms with Crippen molar-refractivity contribution in [2.24, 2.45) is 0 Å². The third-order valence-corrected chi connectivity index (χ3v) is 2.81. The molecule has 3 rings (SSSR count). The SMILES string of the molecule is Clc1ccnc(Cl)n1.Clc1nccc(C2CC2)n1. The quantitative estimate of drug-likeness (QED) is 0.594. The molecule has 2 aromatic heterocycles. The van der Waals surface area contributed by atoms with E-state index in [1.807, 2.05) is 6.07 Å². The van der Waals surface area contributed by atoms with Crippen molar-refractivity contribution in [2.45, 2.75) is 18.8 Å². The molecular formula is C11H9Cl3N4. The van der Waals surface area contributed by atoms with Gasteiger partial charge in [-0.15, -0.1) is 0 Å². The van der Waals surface area contributed by atoms with E-state index in [-0.39, 0.29) is 5.28 Å². The summed E-state index contributed by atoms with van der Waals surface area (Å²) in [6.07, 6.45) is 5.72. The van der Waals surface area contributed by atoms with Crippen molar-refractivity contribution in [3.05, 3.63) is 45.9 Å². The highest BCUT2D eigenvalue weighted by molar-refractivity contribution is 6.31. The van der Waals surface area contributed by atoms with E-state index in [2.05, 4.69) is 19.9 Å². The van der Waals surface area contributed by atoms with Gasteiger partial charge in [0, 0.05) is 24.0 Å². The first kappa shape index (κ1) is 13.5. The lowest BCUT2D eigenvalue weighted by molar-refractivity contribution is 0.988. The van der Waals surface area contributed by atoms with E-state index in [9.17, 15) is 0 Å². The lowest BCUT2D eigenvalue weighted by Crippen LogP contribution is -1.87. The lowest BCUT2D eigenvalue weighted by atomic mass is 10.3. The highest BCUT2D eigenvalue weighted by atomic mass is 35.5. The molecule has 0 unspecified atom stereocenters. The van der Waals surface area contributed by atoms with Crippen molar-refractivity contribution in [3.63, 3.8) is 0 Å². The van der Waals surface area contributed by atoms with Crippen LogP contribution < -0.4 is 0 Å². The normalized spacial score (nSPS) is 13.7. The zero-order valence-corrected chi connectivity index (χ0v) is 11.5. The summed E-state index contributed by atoms with van der Waals surface area (Å²) >= 11 is 16.3. The van der Waals surface area contributed by atoms with Gasteiger partial charge >= 0.3 is 0 Å². The molecule has 0 radical (unpaired) electrons. The fraction of sp³-hybridized carbons (Fsp3) is 0.273. The predicted molar refractivity (Wildman–Crippen MR) is 71.1 cm³/mol. The van der Waals surface area contributed by atoms with Crippen LogP contribution >= 0.6 is 34.8 Å². The molecule has 0 saturated heterocycles. The summed E-state index contributed by atoms with van der Waals surface area (Å²) in [5, 5.41) is 0.909. The van der Waals surface area contributed by atoms with Gasteiger partial charge < -0.3 is 0 Å². The second-order valence-corrected chi connectivity index (χ2v) is 4.74. The molecule has 1 fully saturated rings. The number of nitrogens with zero attached hydrogens (tertiary/aromatic N) is 4. The predicted octanol–water partition coefficient (Wildman–Crippen LogP) is 3.79. The van der Waals surface area contributed by atoms with Gasteiger partial charge in [-0.05, 0) is 48.2 Å². The monoisotopic (exact) mass is 302 g/mol. The van der Waals surface area contributed by atoms with E-state index < -0.39 is 0 Å². The highest BCUT2D eigenvalue weighted by Crippen LogP contribution is 2.38. The second kappa shape index (κ2) is 6.27. The average Bonchev–Trinajstić information content (AvgIpc) is 3.13. The van der Waals surface area contributed by atoms with Crippen LogP contribution in [0.2, 0.25) is 15.7 Å². The molecule has 1 saturated carbocycles. The number of halogens is 3. The zero-order valence-electron chi connectivity index (χ0n) is 9.22. The summed E-state index contributed by atoms with van der Waals surface area (Å²) in [5.74, 6) is 0.667. The molecule has 94 valence electrons. The first-order valence-corrected chi connectivity index (χ1v) is 6.41. The Kier molecular flexibility index (Phi) is 4.69. The van der Waals surface area contributed by atoms with Gasteiger partial charge in [-0.2, -0.15) is 0 Å². The third-order valence-electron chi connectivity index (χ3n) is 2.24. The minimum Gasteiger partial charge on any atom is -0.227 e. The van der Waals surface area contributed by atoms with Crippen LogP contribution in [0.25, 0.3) is 0 Å². The first-order chi connectivity index (χ1) is 8.65. The summed E-state index contributed by atoms with van der Waals surface area (Å²) in [4.78, 5) is 15.1.